The molecule has 0 saturated carbocycles. The quantitative estimate of drug-likeness (QED) is 0.812. The third-order valence-electron chi connectivity index (χ3n) is 2.58. The Hall–Kier alpha value is -1.43. The van der Waals surface area contributed by atoms with E-state index in [1.165, 1.54) is 0 Å². The van der Waals surface area contributed by atoms with Crippen LogP contribution in [0.25, 0.3) is 0 Å². The Bertz CT molecular complexity index is 416. The number of aromatic nitrogens is 2. The topological polar surface area (TPSA) is 43.8 Å². The Morgan fingerprint density at radius 1 is 1.41 bits per heavy atom. The number of imidazole rings is 1. The molecule has 0 radical (unpaired) electrons. The Kier molecular flexibility index (Phi) is 4.22. The number of aryl methyl sites for hydroxylation is 1. The summed E-state index contributed by atoms with van der Waals surface area (Å²) in [4.78, 5) is 4.65. The number of rotatable bonds is 4. The molecule has 0 bridgehead atoms. The molecule has 0 aliphatic heterocycles. The summed E-state index contributed by atoms with van der Waals surface area (Å²) in [7, 11) is 0. The van der Waals surface area contributed by atoms with E-state index in [-0.39, 0.29) is 5.41 Å². The van der Waals surface area contributed by atoms with Crippen LogP contribution in [-0.4, -0.2) is 9.55 Å². The summed E-state index contributed by atoms with van der Waals surface area (Å²) >= 11 is 0. The van der Waals surface area contributed by atoms with Gasteiger partial charge in [0.1, 0.15) is 11.6 Å². The smallest absolute Gasteiger partial charge is 0.127 e. The minimum Gasteiger partial charge on any atom is -0.384 e. The summed E-state index contributed by atoms with van der Waals surface area (Å²) in [5, 5.41) is 0. The number of hydrogen-bond acceptors (Lipinski definition) is 2. The van der Waals surface area contributed by atoms with E-state index < -0.39 is 0 Å². The maximum absolute atomic E-state index is 6.13. The van der Waals surface area contributed by atoms with Crippen molar-refractivity contribution in [2.24, 2.45) is 5.41 Å². The number of anilines is 1. The zero-order chi connectivity index (χ0) is 13.1. The normalized spacial score (nSPS) is 11.5. The minimum atomic E-state index is 0.187. The van der Waals surface area contributed by atoms with Crippen LogP contribution in [0.1, 0.15) is 45.6 Å². The number of terminal acetylenes is 1. The first-order valence-electron chi connectivity index (χ1n) is 6.16. The van der Waals surface area contributed by atoms with Gasteiger partial charge in [0.15, 0.2) is 0 Å². The molecular weight excluding hydrogens is 210 g/mol. The van der Waals surface area contributed by atoms with E-state index in [1.54, 1.807) is 0 Å². The molecule has 0 amide bonds. The third-order valence-corrected chi connectivity index (χ3v) is 2.58. The fourth-order valence-corrected chi connectivity index (χ4v) is 1.88. The van der Waals surface area contributed by atoms with Crippen molar-refractivity contribution in [2.75, 3.05) is 5.73 Å². The Morgan fingerprint density at radius 3 is 2.53 bits per heavy atom. The summed E-state index contributed by atoms with van der Waals surface area (Å²) in [6, 6.07) is 0. The van der Waals surface area contributed by atoms with Gasteiger partial charge < -0.3 is 10.3 Å². The molecule has 0 fully saturated rings. The molecular formula is C14H23N3. The molecule has 1 aromatic heterocycles. The molecule has 0 aromatic carbocycles. The van der Waals surface area contributed by atoms with E-state index in [0.29, 0.717) is 6.54 Å². The van der Waals surface area contributed by atoms with Crippen molar-refractivity contribution in [3.63, 3.8) is 0 Å². The molecule has 17 heavy (non-hydrogen) atoms. The predicted molar refractivity (Wildman–Crippen MR) is 72.6 cm³/mol. The van der Waals surface area contributed by atoms with Crippen LogP contribution in [0.2, 0.25) is 0 Å². The van der Waals surface area contributed by atoms with Gasteiger partial charge in [-0.25, -0.2) is 4.98 Å². The molecule has 0 aliphatic rings. The van der Waals surface area contributed by atoms with Gasteiger partial charge in [-0.2, -0.15) is 0 Å². The van der Waals surface area contributed by atoms with Gasteiger partial charge in [-0.05, 0) is 18.3 Å². The van der Waals surface area contributed by atoms with Gasteiger partial charge in [0, 0.05) is 6.42 Å². The fraction of sp³-hybridized carbons (Fsp3) is 0.643. The minimum absolute atomic E-state index is 0.187. The standard InChI is InChI=1S/C14H23N3/c1-6-8-12-16-11(10-14(3,4)5)13(15)17(12)9-7-2/h2H,6,8-10,15H2,1,3-5H3. The highest BCUT2D eigenvalue weighted by molar-refractivity contribution is 5.39. The van der Waals surface area contributed by atoms with Gasteiger partial charge in [-0.15, -0.1) is 6.42 Å². The Labute approximate surface area is 104 Å². The van der Waals surface area contributed by atoms with Crippen molar-refractivity contribution < 1.29 is 0 Å². The van der Waals surface area contributed by atoms with Gasteiger partial charge in [-0.1, -0.05) is 33.6 Å². The van der Waals surface area contributed by atoms with Crippen LogP contribution >= 0.6 is 0 Å². The molecule has 1 rings (SSSR count). The van der Waals surface area contributed by atoms with E-state index in [9.17, 15) is 0 Å². The Morgan fingerprint density at radius 2 is 2.06 bits per heavy atom. The highest BCUT2D eigenvalue weighted by Gasteiger charge is 2.19. The average Bonchev–Trinajstić information content (AvgIpc) is 2.45. The molecule has 3 nitrogen and oxygen atoms in total. The van der Waals surface area contributed by atoms with Crippen LogP contribution in [0.3, 0.4) is 0 Å². The molecule has 2 N–H and O–H groups in total. The number of hydrogen-bond donors (Lipinski definition) is 1. The summed E-state index contributed by atoms with van der Waals surface area (Å²) < 4.78 is 1.96. The summed E-state index contributed by atoms with van der Waals surface area (Å²) in [6.45, 7) is 9.21. The largest absolute Gasteiger partial charge is 0.384 e. The number of nitrogen functional groups attached to an aromatic ring is 1. The van der Waals surface area contributed by atoms with Crippen molar-refractivity contribution >= 4 is 5.82 Å². The number of nitrogens with zero attached hydrogens (tertiary/aromatic N) is 2. The molecule has 0 saturated heterocycles. The first kappa shape index (κ1) is 13.6. The van der Waals surface area contributed by atoms with Crippen LogP contribution in [0.4, 0.5) is 5.82 Å². The van der Waals surface area contributed by atoms with Crippen LogP contribution in [0, 0.1) is 17.8 Å². The third kappa shape index (κ3) is 3.52. The van der Waals surface area contributed by atoms with Crippen LogP contribution in [0.15, 0.2) is 0 Å². The summed E-state index contributed by atoms with van der Waals surface area (Å²) in [5.41, 5.74) is 7.30. The molecule has 0 atom stereocenters. The average molecular weight is 233 g/mol. The molecule has 0 aliphatic carbocycles. The lowest BCUT2D eigenvalue weighted by atomic mass is 9.90. The summed E-state index contributed by atoms with van der Waals surface area (Å²) in [6.07, 6.45) is 8.24. The lowest BCUT2D eigenvalue weighted by Gasteiger charge is -2.16. The van der Waals surface area contributed by atoms with Crippen molar-refractivity contribution in [3.05, 3.63) is 11.5 Å². The monoisotopic (exact) mass is 233 g/mol. The highest BCUT2D eigenvalue weighted by atomic mass is 15.1. The maximum atomic E-state index is 6.13. The van der Waals surface area contributed by atoms with Crippen LogP contribution in [0.5, 0.6) is 0 Å². The van der Waals surface area contributed by atoms with E-state index in [0.717, 1.165) is 36.6 Å². The van der Waals surface area contributed by atoms with Crippen molar-refractivity contribution in [1.82, 2.24) is 9.55 Å². The van der Waals surface area contributed by atoms with Gasteiger partial charge in [0.05, 0.1) is 12.2 Å². The Balaban J connectivity index is 3.08. The fourth-order valence-electron chi connectivity index (χ4n) is 1.88. The van der Waals surface area contributed by atoms with E-state index >= 15 is 0 Å². The highest BCUT2D eigenvalue weighted by Crippen LogP contribution is 2.25. The second-order valence-electron chi connectivity index (χ2n) is 5.64. The first-order valence-corrected chi connectivity index (χ1v) is 6.16. The summed E-state index contributed by atoms with van der Waals surface area (Å²) in [5.74, 6) is 4.40. The van der Waals surface area contributed by atoms with E-state index in [1.807, 2.05) is 4.57 Å². The van der Waals surface area contributed by atoms with Crippen LogP contribution < -0.4 is 5.73 Å². The van der Waals surface area contributed by atoms with Gasteiger partial charge in [0.25, 0.3) is 0 Å². The lowest BCUT2D eigenvalue weighted by molar-refractivity contribution is 0.407. The predicted octanol–water partition coefficient (Wildman–Crippen LogP) is 2.64. The van der Waals surface area contributed by atoms with E-state index in [4.69, 9.17) is 12.2 Å². The van der Waals surface area contributed by atoms with Crippen molar-refractivity contribution in [1.29, 1.82) is 0 Å². The second kappa shape index (κ2) is 5.27. The molecule has 0 spiro atoms. The van der Waals surface area contributed by atoms with Gasteiger partial charge in [0.2, 0.25) is 0 Å². The first-order chi connectivity index (χ1) is 7.89. The van der Waals surface area contributed by atoms with Gasteiger partial charge in [-0.3, -0.25) is 0 Å². The van der Waals surface area contributed by atoms with Gasteiger partial charge >= 0.3 is 0 Å². The number of nitrogens with two attached hydrogens (primary N) is 1. The molecule has 3 heteroatoms. The zero-order valence-electron chi connectivity index (χ0n) is 11.4. The van der Waals surface area contributed by atoms with Crippen molar-refractivity contribution in [2.45, 2.75) is 53.5 Å². The van der Waals surface area contributed by atoms with Crippen molar-refractivity contribution in [3.8, 4) is 12.3 Å². The lowest BCUT2D eigenvalue weighted by Crippen LogP contribution is -2.12. The van der Waals surface area contributed by atoms with Crippen LogP contribution in [-0.2, 0) is 19.4 Å². The maximum Gasteiger partial charge on any atom is 0.127 e. The SMILES string of the molecule is C#CCn1c(CCC)nc(CC(C)(C)C)c1N. The molecule has 1 heterocycles. The second-order valence-corrected chi connectivity index (χ2v) is 5.64. The van der Waals surface area contributed by atoms with E-state index in [2.05, 4.69) is 38.6 Å². The molecule has 1 aromatic rings. The molecule has 0 unspecified atom stereocenters. The molecule has 94 valence electrons. The zero-order valence-corrected chi connectivity index (χ0v) is 11.4.